The van der Waals surface area contributed by atoms with Gasteiger partial charge in [-0.3, -0.25) is 4.79 Å². The van der Waals surface area contributed by atoms with Crippen LogP contribution in [0.4, 0.5) is 0 Å². The van der Waals surface area contributed by atoms with Crippen molar-refractivity contribution in [3.05, 3.63) is 41.4 Å². The molecule has 1 N–H and O–H groups in total. The number of oxazole rings is 1. The molecule has 1 atom stereocenters. The van der Waals surface area contributed by atoms with Crippen molar-refractivity contribution in [3.8, 4) is 11.3 Å². The summed E-state index contributed by atoms with van der Waals surface area (Å²) in [4.78, 5) is 16.1. The fourth-order valence-electron chi connectivity index (χ4n) is 2.19. The maximum Gasteiger partial charge on any atom is 0.220 e. The number of carbonyl (C=O) groups excluding carboxylic acids is 1. The third-order valence-corrected chi connectivity index (χ3v) is 3.81. The van der Waals surface area contributed by atoms with E-state index in [-0.39, 0.29) is 11.9 Å². The Morgan fingerprint density at radius 3 is 2.91 bits per heavy atom. The first-order chi connectivity index (χ1) is 11.1. The van der Waals surface area contributed by atoms with E-state index in [4.69, 9.17) is 20.8 Å². The fourth-order valence-corrected chi connectivity index (χ4v) is 2.42. The van der Waals surface area contributed by atoms with Crippen LogP contribution >= 0.6 is 11.6 Å². The molecule has 0 aliphatic carbocycles. The Kier molecular flexibility index (Phi) is 6.62. The number of methoxy groups -OCH3 is 1. The molecule has 0 radical (unpaired) electrons. The highest BCUT2D eigenvalue weighted by Gasteiger charge is 2.13. The average molecular weight is 337 g/mol. The smallest absolute Gasteiger partial charge is 0.220 e. The maximum absolute atomic E-state index is 11.9. The van der Waals surface area contributed by atoms with Crippen LogP contribution in [0.25, 0.3) is 11.3 Å². The van der Waals surface area contributed by atoms with Crippen molar-refractivity contribution in [2.24, 2.45) is 0 Å². The van der Waals surface area contributed by atoms with Crippen LogP contribution in [0.2, 0.25) is 5.02 Å². The second kappa shape index (κ2) is 8.70. The van der Waals surface area contributed by atoms with Gasteiger partial charge in [0.1, 0.15) is 0 Å². The number of carbonyl (C=O) groups is 1. The Hall–Kier alpha value is -1.85. The zero-order valence-corrected chi connectivity index (χ0v) is 14.1. The molecule has 0 saturated heterocycles. The van der Waals surface area contributed by atoms with Gasteiger partial charge in [-0.25, -0.2) is 4.98 Å². The number of amides is 1. The predicted molar refractivity (Wildman–Crippen MR) is 89.4 cm³/mol. The van der Waals surface area contributed by atoms with E-state index in [1.54, 1.807) is 19.4 Å². The molecule has 23 heavy (non-hydrogen) atoms. The van der Waals surface area contributed by atoms with Gasteiger partial charge in [-0.1, -0.05) is 30.7 Å². The van der Waals surface area contributed by atoms with Crippen LogP contribution in [0, 0.1) is 0 Å². The highest BCUT2D eigenvalue weighted by Crippen LogP contribution is 2.28. The van der Waals surface area contributed by atoms with E-state index in [0.29, 0.717) is 36.1 Å². The number of rotatable bonds is 8. The van der Waals surface area contributed by atoms with E-state index in [2.05, 4.69) is 10.3 Å². The number of benzene rings is 1. The number of aryl methyl sites for hydroxylation is 1. The minimum atomic E-state index is -0.0357. The lowest BCUT2D eigenvalue weighted by Crippen LogP contribution is -2.37. The summed E-state index contributed by atoms with van der Waals surface area (Å²) in [5.74, 6) is 1.10. The summed E-state index contributed by atoms with van der Waals surface area (Å²) >= 11 is 6.13. The van der Waals surface area contributed by atoms with Gasteiger partial charge in [0.2, 0.25) is 5.91 Å². The van der Waals surface area contributed by atoms with Crippen molar-refractivity contribution in [3.63, 3.8) is 0 Å². The maximum atomic E-state index is 11.9. The van der Waals surface area contributed by atoms with Gasteiger partial charge in [0.15, 0.2) is 11.7 Å². The lowest BCUT2D eigenvalue weighted by atomic mass is 10.2. The van der Waals surface area contributed by atoms with E-state index in [0.717, 1.165) is 12.0 Å². The van der Waals surface area contributed by atoms with Gasteiger partial charge in [-0.15, -0.1) is 0 Å². The summed E-state index contributed by atoms with van der Waals surface area (Å²) in [5, 5.41) is 3.54. The van der Waals surface area contributed by atoms with Crippen molar-refractivity contribution < 1.29 is 13.9 Å². The van der Waals surface area contributed by atoms with E-state index in [9.17, 15) is 4.79 Å². The summed E-state index contributed by atoms with van der Waals surface area (Å²) in [6, 6.07) is 7.45. The molecule has 6 heteroatoms. The number of hydrogen-bond donors (Lipinski definition) is 1. The van der Waals surface area contributed by atoms with Gasteiger partial charge in [-0.2, -0.15) is 0 Å². The number of ether oxygens (including phenoxy) is 1. The fraction of sp³-hybridized carbons (Fsp3) is 0.412. The van der Waals surface area contributed by atoms with Crippen molar-refractivity contribution >= 4 is 17.5 Å². The molecule has 1 heterocycles. The second-order valence-corrected chi connectivity index (χ2v) is 5.63. The molecule has 2 aromatic rings. The summed E-state index contributed by atoms with van der Waals surface area (Å²) in [6.45, 7) is 2.52. The van der Waals surface area contributed by atoms with Gasteiger partial charge < -0.3 is 14.5 Å². The molecule has 1 amide bonds. The van der Waals surface area contributed by atoms with Gasteiger partial charge >= 0.3 is 0 Å². The quantitative estimate of drug-likeness (QED) is 0.801. The van der Waals surface area contributed by atoms with E-state index in [1.165, 1.54) is 0 Å². The van der Waals surface area contributed by atoms with E-state index < -0.39 is 0 Å². The van der Waals surface area contributed by atoms with Gasteiger partial charge in [-0.05, 0) is 18.6 Å². The molecule has 1 unspecified atom stereocenters. The molecular formula is C17H21ClN2O3. The molecule has 5 nitrogen and oxygen atoms in total. The Morgan fingerprint density at radius 1 is 1.43 bits per heavy atom. The van der Waals surface area contributed by atoms with Crippen LogP contribution < -0.4 is 5.32 Å². The molecule has 0 aliphatic rings. The van der Waals surface area contributed by atoms with Crippen LogP contribution in [0.15, 0.2) is 34.9 Å². The Labute approximate surface area is 141 Å². The Bertz CT molecular complexity index is 642. The molecule has 0 bridgehead atoms. The molecule has 0 aliphatic heterocycles. The zero-order chi connectivity index (χ0) is 16.7. The molecule has 0 fully saturated rings. The lowest BCUT2D eigenvalue weighted by Gasteiger charge is -2.15. The zero-order valence-electron chi connectivity index (χ0n) is 13.3. The number of halogens is 1. The van der Waals surface area contributed by atoms with Crippen LogP contribution in [-0.2, 0) is 16.0 Å². The standard InChI is InChI=1S/C17H21ClN2O3/c1-3-12(11-22-2)20-16(21)8-9-17-19-10-15(23-17)13-6-4-5-7-14(13)18/h4-7,10,12H,3,8-9,11H2,1-2H3,(H,20,21). The molecule has 1 aromatic carbocycles. The summed E-state index contributed by atoms with van der Waals surface area (Å²) in [7, 11) is 1.62. The van der Waals surface area contributed by atoms with Crippen molar-refractivity contribution in [1.82, 2.24) is 10.3 Å². The van der Waals surface area contributed by atoms with Gasteiger partial charge in [0.25, 0.3) is 0 Å². The molecule has 0 saturated carbocycles. The average Bonchev–Trinajstić information content (AvgIpc) is 3.01. The number of aromatic nitrogens is 1. The Morgan fingerprint density at radius 2 is 2.22 bits per heavy atom. The van der Waals surface area contributed by atoms with Gasteiger partial charge in [0, 0.05) is 25.5 Å². The Balaban J connectivity index is 1.90. The van der Waals surface area contributed by atoms with E-state index in [1.807, 2.05) is 25.1 Å². The van der Waals surface area contributed by atoms with Crippen molar-refractivity contribution in [2.45, 2.75) is 32.2 Å². The number of nitrogens with one attached hydrogen (secondary N) is 1. The summed E-state index contributed by atoms with van der Waals surface area (Å²) < 4.78 is 10.7. The largest absolute Gasteiger partial charge is 0.441 e. The minimum absolute atomic E-state index is 0.0357. The SMILES string of the molecule is CCC(COC)NC(=O)CCc1ncc(-c2ccccc2Cl)o1. The van der Waals surface area contributed by atoms with Gasteiger partial charge in [0.05, 0.1) is 23.9 Å². The predicted octanol–water partition coefficient (Wildman–Crippen LogP) is 3.47. The lowest BCUT2D eigenvalue weighted by molar-refractivity contribution is -0.122. The first-order valence-corrected chi connectivity index (χ1v) is 7.99. The third kappa shape index (κ3) is 5.08. The monoisotopic (exact) mass is 336 g/mol. The highest BCUT2D eigenvalue weighted by atomic mass is 35.5. The molecule has 0 spiro atoms. The minimum Gasteiger partial charge on any atom is -0.441 e. The first kappa shape index (κ1) is 17.5. The summed E-state index contributed by atoms with van der Waals surface area (Å²) in [5.41, 5.74) is 0.795. The molecule has 124 valence electrons. The van der Waals surface area contributed by atoms with Crippen molar-refractivity contribution in [1.29, 1.82) is 0 Å². The number of nitrogens with zero attached hydrogens (tertiary/aromatic N) is 1. The van der Waals surface area contributed by atoms with Crippen LogP contribution in [0.5, 0.6) is 0 Å². The topological polar surface area (TPSA) is 64.4 Å². The molecule has 1 aromatic heterocycles. The normalized spacial score (nSPS) is 12.1. The third-order valence-electron chi connectivity index (χ3n) is 3.48. The second-order valence-electron chi connectivity index (χ2n) is 5.23. The molecular weight excluding hydrogens is 316 g/mol. The highest BCUT2D eigenvalue weighted by molar-refractivity contribution is 6.33. The molecule has 2 rings (SSSR count). The van der Waals surface area contributed by atoms with Crippen molar-refractivity contribution in [2.75, 3.05) is 13.7 Å². The summed E-state index contributed by atoms with van der Waals surface area (Å²) in [6.07, 6.45) is 3.23. The van der Waals surface area contributed by atoms with Crippen LogP contribution in [0.3, 0.4) is 0 Å². The van der Waals surface area contributed by atoms with Crippen LogP contribution in [-0.4, -0.2) is 30.6 Å². The van der Waals surface area contributed by atoms with E-state index >= 15 is 0 Å². The first-order valence-electron chi connectivity index (χ1n) is 7.62. The van der Waals surface area contributed by atoms with Crippen LogP contribution in [0.1, 0.15) is 25.7 Å². The number of hydrogen-bond acceptors (Lipinski definition) is 4.